The minimum absolute atomic E-state index is 0.295. The summed E-state index contributed by atoms with van der Waals surface area (Å²) in [4.78, 5) is 13.8. The first kappa shape index (κ1) is 14.8. The van der Waals surface area contributed by atoms with Crippen molar-refractivity contribution in [2.24, 2.45) is 11.8 Å². The van der Waals surface area contributed by atoms with E-state index >= 15 is 0 Å². The summed E-state index contributed by atoms with van der Waals surface area (Å²) >= 11 is 0. The number of nitrogen functional groups attached to an aromatic ring is 1. The van der Waals surface area contributed by atoms with Crippen molar-refractivity contribution in [1.29, 1.82) is 0 Å². The minimum atomic E-state index is -0.295. The molecule has 20 heavy (non-hydrogen) atoms. The maximum absolute atomic E-state index is 11.3. The van der Waals surface area contributed by atoms with Gasteiger partial charge in [-0.25, -0.2) is 5.84 Å². The molecule has 0 aliphatic carbocycles. The molecule has 1 aromatic carbocycles. The highest BCUT2D eigenvalue weighted by atomic mass is 16.5. The molecule has 5 nitrogen and oxygen atoms in total. The predicted molar refractivity (Wildman–Crippen MR) is 78.4 cm³/mol. The highest BCUT2D eigenvalue weighted by molar-refractivity contribution is 5.93. The van der Waals surface area contributed by atoms with Crippen molar-refractivity contribution in [3.05, 3.63) is 29.8 Å². The van der Waals surface area contributed by atoms with Crippen LogP contribution in [0.3, 0.4) is 0 Å². The number of amides is 1. The molecule has 1 fully saturated rings. The second-order valence-electron chi connectivity index (χ2n) is 5.53. The van der Waals surface area contributed by atoms with Crippen LogP contribution in [-0.2, 0) is 0 Å². The van der Waals surface area contributed by atoms with Crippen LogP contribution in [0.5, 0.6) is 5.75 Å². The normalized spacial score (nSPS) is 22.8. The van der Waals surface area contributed by atoms with Gasteiger partial charge in [-0.1, -0.05) is 6.92 Å². The smallest absolute Gasteiger partial charge is 0.265 e. The quantitative estimate of drug-likeness (QED) is 0.485. The highest BCUT2D eigenvalue weighted by Gasteiger charge is 2.25. The molecule has 0 spiro atoms. The number of hydrogen-bond donors (Lipinski definition) is 2. The predicted octanol–water partition coefficient (Wildman–Crippen LogP) is 1.40. The Kier molecular flexibility index (Phi) is 4.98. The maximum atomic E-state index is 11.3. The van der Waals surface area contributed by atoms with Crippen molar-refractivity contribution < 1.29 is 9.53 Å². The number of ether oxygens (including phenoxy) is 1. The van der Waals surface area contributed by atoms with Crippen molar-refractivity contribution >= 4 is 5.91 Å². The zero-order valence-corrected chi connectivity index (χ0v) is 12.1. The number of likely N-dealkylation sites (tertiary alicyclic amines) is 1. The van der Waals surface area contributed by atoms with E-state index in [0.717, 1.165) is 24.8 Å². The molecule has 2 rings (SSSR count). The molecule has 2 unspecified atom stereocenters. The zero-order chi connectivity index (χ0) is 14.5. The molecule has 5 heteroatoms. The topological polar surface area (TPSA) is 67.6 Å². The Bertz CT molecular complexity index is 447. The lowest BCUT2D eigenvalue weighted by molar-refractivity contribution is 0.0953. The van der Waals surface area contributed by atoms with Crippen LogP contribution in [0.4, 0.5) is 0 Å². The molecule has 0 bridgehead atoms. The molecule has 110 valence electrons. The van der Waals surface area contributed by atoms with Crippen molar-refractivity contribution in [1.82, 2.24) is 10.3 Å². The van der Waals surface area contributed by atoms with E-state index in [1.807, 2.05) is 0 Å². The van der Waals surface area contributed by atoms with E-state index in [2.05, 4.69) is 24.2 Å². The van der Waals surface area contributed by atoms with Crippen molar-refractivity contribution in [3.63, 3.8) is 0 Å². The Morgan fingerprint density at radius 1 is 1.40 bits per heavy atom. The molecule has 1 saturated heterocycles. The summed E-state index contributed by atoms with van der Waals surface area (Å²) < 4.78 is 5.72. The van der Waals surface area contributed by atoms with Gasteiger partial charge < -0.3 is 4.74 Å². The molecule has 1 heterocycles. The van der Waals surface area contributed by atoms with Crippen molar-refractivity contribution in [2.75, 3.05) is 19.7 Å². The largest absolute Gasteiger partial charge is 0.492 e. The van der Waals surface area contributed by atoms with E-state index in [1.54, 1.807) is 24.3 Å². The van der Waals surface area contributed by atoms with Gasteiger partial charge in [-0.3, -0.25) is 15.1 Å². The lowest BCUT2D eigenvalue weighted by atomic mass is 10.1. The third-order valence-electron chi connectivity index (χ3n) is 3.81. The molecule has 0 aromatic heterocycles. The van der Waals surface area contributed by atoms with Crippen LogP contribution >= 0.6 is 0 Å². The van der Waals surface area contributed by atoms with Crippen molar-refractivity contribution in [3.8, 4) is 5.75 Å². The van der Waals surface area contributed by atoms with Crippen molar-refractivity contribution in [2.45, 2.75) is 26.3 Å². The van der Waals surface area contributed by atoms with Crippen LogP contribution in [-0.4, -0.2) is 36.5 Å². The van der Waals surface area contributed by atoms with Gasteiger partial charge in [0.15, 0.2) is 0 Å². The number of hydrogen-bond acceptors (Lipinski definition) is 4. The number of carbonyl (C=O) groups is 1. The molecular formula is C15H23N3O2. The number of nitrogens with one attached hydrogen (secondary N) is 1. The molecule has 1 aromatic rings. The van der Waals surface area contributed by atoms with Gasteiger partial charge in [0.25, 0.3) is 5.91 Å². The minimum Gasteiger partial charge on any atom is -0.492 e. The summed E-state index contributed by atoms with van der Waals surface area (Å²) in [6.45, 7) is 7.32. The zero-order valence-electron chi connectivity index (χ0n) is 12.1. The fourth-order valence-corrected chi connectivity index (χ4v) is 2.76. The Balaban J connectivity index is 1.78. The number of benzene rings is 1. The Morgan fingerprint density at radius 3 is 2.65 bits per heavy atom. The number of carbonyl (C=O) groups excluding carboxylic acids is 1. The molecule has 1 amide bonds. The van der Waals surface area contributed by atoms with Crippen LogP contribution < -0.4 is 16.0 Å². The third kappa shape index (κ3) is 3.71. The van der Waals surface area contributed by atoms with Crippen LogP contribution in [0.15, 0.2) is 24.3 Å². The lowest BCUT2D eigenvalue weighted by Crippen LogP contribution is -2.31. The summed E-state index contributed by atoms with van der Waals surface area (Å²) in [5.41, 5.74) is 2.63. The summed E-state index contributed by atoms with van der Waals surface area (Å²) in [6.07, 6.45) is 1.27. The molecule has 3 N–H and O–H groups in total. The van der Waals surface area contributed by atoms with Crippen LogP contribution in [0.2, 0.25) is 0 Å². The second kappa shape index (κ2) is 6.72. The fraction of sp³-hybridized carbons (Fsp3) is 0.533. The summed E-state index contributed by atoms with van der Waals surface area (Å²) in [5.74, 6) is 6.34. The molecule has 2 atom stereocenters. The number of rotatable bonds is 5. The average molecular weight is 277 g/mol. The summed E-state index contributed by atoms with van der Waals surface area (Å²) in [6, 6.07) is 7.64. The SMILES string of the molecule is CC1CC(C)N(CCOc2ccc(C(=O)NN)cc2)C1. The van der Waals surface area contributed by atoms with Gasteiger partial charge in [-0.15, -0.1) is 0 Å². The van der Waals surface area contributed by atoms with E-state index < -0.39 is 0 Å². The molecule has 1 aliphatic heterocycles. The van der Waals surface area contributed by atoms with E-state index in [1.165, 1.54) is 6.42 Å². The first-order chi connectivity index (χ1) is 9.60. The number of nitrogens with zero attached hydrogens (tertiary/aromatic N) is 1. The van der Waals surface area contributed by atoms with Gasteiger partial charge in [0.2, 0.25) is 0 Å². The molecule has 0 radical (unpaired) electrons. The summed E-state index contributed by atoms with van der Waals surface area (Å²) in [7, 11) is 0. The fourth-order valence-electron chi connectivity index (χ4n) is 2.76. The third-order valence-corrected chi connectivity index (χ3v) is 3.81. The Morgan fingerprint density at radius 2 is 2.10 bits per heavy atom. The van der Waals surface area contributed by atoms with E-state index in [0.29, 0.717) is 18.2 Å². The molecule has 0 saturated carbocycles. The van der Waals surface area contributed by atoms with Gasteiger partial charge in [0, 0.05) is 24.7 Å². The standard InChI is InChI=1S/C15H23N3O2/c1-11-9-12(2)18(10-11)7-8-20-14-5-3-13(4-6-14)15(19)17-16/h3-6,11-12H,7-10,16H2,1-2H3,(H,17,19). The van der Waals surface area contributed by atoms with Gasteiger partial charge in [0.05, 0.1) is 0 Å². The van der Waals surface area contributed by atoms with Gasteiger partial charge in [-0.05, 0) is 43.5 Å². The van der Waals surface area contributed by atoms with E-state index in [-0.39, 0.29) is 5.91 Å². The first-order valence-corrected chi connectivity index (χ1v) is 7.08. The van der Waals surface area contributed by atoms with Crippen LogP contribution in [0, 0.1) is 5.92 Å². The maximum Gasteiger partial charge on any atom is 0.265 e. The van der Waals surface area contributed by atoms with Gasteiger partial charge >= 0.3 is 0 Å². The second-order valence-corrected chi connectivity index (χ2v) is 5.53. The lowest BCUT2D eigenvalue weighted by Gasteiger charge is -2.20. The van der Waals surface area contributed by atoms with E-state index in [9.17, 15) is 4.79 Å². The number of nitrogens with two attached hydrogens (primary N) is 1. The summed E-state index contributed by atoms with van der Waals surface area (Å²) in [5, 5.41) is 0. The number of hydrazine groups is 1. The highest BCUT2D eigenvalue weighted by Crippen LogP contribution is 2.21. The molecule has 1 aliphatic rings. The Labute approximate surface area is 120 Å². The average Bonchev–Trinajstić information content (AvgIpc) is 2.77. The Hall–Kier alpha value is -1.59. The van der Waals surface area contributed by atoms with E-state index in [4.69, 9.17) is 10.6 Å². The van der Waals surface area contributed by atoms with Crippen LogP contribution in [0.1, 0.15) is 30.6 Å². The van der Waals surface area contributed by atoms with Gasteiger partial charge in [-0.2, -0.15) is 0 Å². The first-order valence-electron chi connectivity index (χ1n) is 7.08. The van der Waals surface area contributed by atoms with Crippen LogP contribution in [0.25, 0.3) is 0 Å². The molecular weight excluding hydrogens is 254 g/mol. The monoisotopic (exact) mass is 277 g/mol. The van der Waals surface area contributed by atoms with Gasteiger partial charge in [0.1, 0.15) is 12.4 Å².